The van der Waals surface area contributed by atoms with Crippen LogP contribution >= 0.6 is 0 Å². The Bertz CT molecular complexity index is 699. The molecule has 0 heterocycles. The molecule has 0 saturated carbocycles. The third kappa shape index (κ3) is 3.22. The topological polar surface area (TPSA) is 38.4 Å². The van der Waals surface area contributed by atoms with Gasteiger partial charge in [-0.15, -0.1) is 0 Å². The Labute approximate surface area is 134 Å². The third-order valence-corrected chi connectivity index (χ3v) is 4.60. The molecule has 0 aliphatic rings. The molecule has 2 heteroatoms. The fourth-order valence-electron chi connectivity index (χ4n) is 2.80. The van der Waals surface area contributed by atoms with Crippen LogP contribution in [0.1, 0.15) is 59.6 Å². The van der Waals surface area contributed by atoms with E-state index in [1.807, 2.05) is 0 Å². The van der Waals surface area contributed by atoms with Gasteiger partial charge in [0.2, 0.25) is 0 Å². The van der Waals surface area contributed by atoms with Crippen LogP contribution in [0.25, 0.3) is 0 Å². The Morgan fingerprint density at radius 2 is 1.55 bits per heavy atom. The van der Waals surface area contributed by atoms with Crippen molar-refractivity contribution in [3.8, 4) is 0 Å². The van der Waals surface area contributed by atoms with E-state index in [-0.39, 0.29) is 0 Å². The smallest absolute Gasteiger partial charge is 0.0971 e. The third-order valence-electron chi connectivity index (χ3n) is 4.60. The molecular formula is C20H26N2. The number of rotatable bonds is 4. The van der Waals surface area contributed by atoms with Crippen molar-refractivity contribution >= 4 is 5.71 Å². The second-order valence-corrected chi connectivity index (χ2v) is 6.16. The van der Waals surface area contributed by atoms with Crippen molar-refractivity contribution in [1.29, 1.82) is 0 Å². The summed E-state index contributed by atoms with van der Waals surface area (Å²) in [7, 11) is 0. The Morgan fingerprint density at radius 1 is 0.955 bits per heavy atom. The SMILES string of the molecule is CCC(C)c1ccc(C(=NN)c2ccc(C)c(C)c2)cc1C. The summed E-state index contributed by atoms with van der Waals surface area (Å²) in [5.74, 6) is 6.26. The Morgan fingerprint density at radius 3 is 2.05 bits per heavy atom. The molecule has 116 valence electrons. The van der Waals surface area contributed by atoms with E-state index in [9.17, 15) is 0 Å². The lowest BCUT2D eigenvalue weighted by Crippen LogP contribution is -2.08. The number of hydrazone groups is 1. The zero-order chi connectivity index (χ0) is 16.3. The van der Waals surface area contributed by atoms with E-state index in [1.54, 1.807) is 0 Å². The van der Waals surface area contributed by atoms with Crippen molar-refractivity contribution in [2.45, 2.75) is 47.0 Å². The molecule has 2 nitrogen and oxygen atoms in total. The molecule has 0 aliphatic carbocycles. The largest absolute Gasteiger partial charge is 0.323 e. The molecule has 0 bridgehead atoms. The van der Waals surface area contributed by atoms with Crippen molar-refractivity contribution < 1.29 is 0 Å². The second-order valence-electron chi connectivity index (χ2n) is 6.16. The average molecular weight is 294 g/mol. The zero-order valence-electron chi connectivity index (χ0n) is 14.3. The Balaban J connectivity index is 2.44. The molecule has 2 rings (SSSR count). The van der Waals surface area contributed by atoms with Crippen LogP contribution < -0.4 is 5.84 Å². The molecule has 0 spiro atoms. The number of hydrogen-bond donors (Lipinski definition) is 1. The van der Waals surface area contributed by atoms with E-state index in [0.717, 1.165) is 23.3 Å². The zero-order valence-corrected chi connectivity index (χ0v) is 14.3. The van der Waals surface area contributed by atoms with Crippen LogP contribution in [-0.2, 0) is 0 Å². The summed E-state index contributed by atoms with van der Waals surface area (Å²) in [6, 6.07) is 12.9. The monoisotopic (exact) mass is 294 g/mol. The molecule has 0 aliphatic heterocycles. The van der Waals surface area contributed by atoms with Crippen LogP contribution in [0, 0.1) is 20.8 Å². The van der Waals surface area contributed by atoms with Crippen molar-refractivity contribution in [1.82, 2.24) is 0 Å². The van der Waals surface area contributed by atoms with E-state index in [1.165, 1.54) is 22.3 Å². The quantitative estimate of drug-likeness (QED) is 0.489. The first-order valence-electron chi connectivity index (χ1n) is 7.94. The fraction of sp³-hybridized carbons (Fsp3) is 0.350. The van der Waals surface area contributed by atoms with Gasteiger partial charge in [0.1, 0.15) is 0 Å². The minimum Gasteiger partial charge on any atom is -0.323 e. The maximum Gasteiger partial charge on any atom is 0.0971 e. The van der Waals surface area contributed by atoms with Crippen molar-refractivity contribution in [2.24, 2.45) is 10.9 Å². The van der Waals surface area contributed by atoms with Crippen molar-refractivity contribution in [2.75, 3.05) is 0 Å². The van der Waals surface area contributed by atoms with Gasteiger partial charge in [0, 0.05) is 11.1 Å². The van der Waals surface area contributed by atoms with Gasteiger partial charge in [-0.05, 0) is 67.5 Å². The Hall–Kier alpha value is -2.09. The van der Waals surface area contributed by atoms with Crippen LogP contribution in [0.15, 0.2) is 41.5 Å². The molecule has 2 aromatic rings. The van der Waals surface area contributed by atoms with Crippen LogP contribution in [0.2, 0.25) is 0 Å². The molecule has 0 fully saturated rings. The molecular weight excluding hydrogens is 268 g/mol. The molecule has 0 amide bonds. The van der Waals surface area contributed by atoms with Gasteiger partial charge >= 0.3 is 0 Å². The first-order valence-corrected chi connectivity index (χ1v) is 7.94. The molecule has 22 heavy (non-hydrogen) atoms. The van der Waals surface area contributed by atoms with Gasteiger partial charge in [-0.2, -0.15) is 5.10 Å². The van der Waals surface area contributed by atoms with Crippen LogP contribution in [0.5, 0.6) is 0 Å². The van der Waals surface area contributed by atoms with Crippen molar-refractivity contribution in [3.05, 3.63) is 69.8 Å². The normalized spacial score (nSPS) is 13.2. The maximum absolute atomic E-state index is 5.69. The Kier molecular flexibility index (Phi) is 5.02. The summed E-state index contributed by atoms with van der Waals surface area (Å²) in [6.07, 6.45) is 1.15. The first-order chi connectivity index (χ1) is 10.5. The van der Waals surface area contributed by atoms with Gasteiger partial charge < -0.3 is 5.84 Å². The van der Waals surface area contributed by atoms with Gasteiger partial charge in [-0.1, -0.05) is 38.1 Å². The number of nitrogens with two attached hydrogens (primary N) is 1. The second kappa shape index (κ2) is 6.78. The average Bonchev–Trinajstić information content (AvgIpc) is 2.51. The highest BCUT2D eigenvalue weighted by Gasteiger charge is 2.12. The van der Waals surface area contributed by atoms with E-state index in [2.05, 4.69) is 76.1 Å². The molecule has 0 aromatic heterocycles. The number of nitrogens with zero attached hydrogens (tertiary/aromatic N) is 1. The number of hydrogen-bond acceptors (Lipinski definition) is 2. The van der Waals surface area contributed by atoms with Gasteiger partial charge in [0.25, 0.3) is 0 Å². The molecule has 1 unspecified atom stereocenters. The summed E-state index contributed by atoms with van der Waals surface area (Å²) < 4.78 is 0. The summed E-state index contributed by atoms with van der Waals surface area (Å²) in [4.78, 5) is 0. The lowest BCUT2D eigenvalue weighted by molar-refractivity contribution is 0.728. The minimum absolute atomic E-state index is 0.578. The summed E-state index contributed by atoms with van der Waals surface area (Å²) >= 11 is 0. The van der Waals surface area contributed by atoms with Gasteiger partial charge in [0.05, 0.1) is 5.71 Å². The minimum atomic E-state index is 0.578. The highest BCUT2D eigenvalue weighted by molar-refractivity contribution is 6.13. The van der Waals surface area contributed by atoms with Crippen LogP contribution in [0.4, 0.5) is 0 Å². The van der Waals surface area contributed by atoms with Gasteiger partial charge in [-0.25, -0.2) is 0 Å². The van der Waals surface area contributed by atoms with Crippen LogP contribution in [0.3, 0.4) is 0 Å². The van der Waals surface area contributed by atoms with E-state index >= 15 is 0 Å². The van der Waals surface area contributed by atoms with E-state index < -0.39 is 0 Å². The summed E-state index contributed by atoms with van der Waals surface area (Å²) in [6.45, 7) is 10.9. The van der Waals surface area contributed by atoms with E-state index in [4.69, 9.17) is 5.84 Å². The first kappa shape index (κ1) is 16.3. The lowest BCUT2D eigenvalue weighted by Gasteiger charge is -2.15. The van der Waals surface area contributed by atoms with Crippen LogP contribution in [-0.4, -0.2) is 5.71 Å². The molecule has 2 N–H and O–H groups in total. The van der Waals surface area contributed by atoms with Gasteiger partial charge in [0.15, 0.2) is 0 Å². The fourth-order valence-corrected chi connectivity index (χ4v) is 2.80. The lowest BCUT2D eigenvalue weighted by atomic mass is 9.90. The molecule has 2 aromatic carbocycles. The standard InChI is InChI=1S/C20H26N2/c1-6-13(2)19-10-9-18(12-16(19)5)20(22-21)17-8-7-14(3)15(4)11-17/h7-13H,6,21H2,1-5H3. The highest BCUT2D eigenvalue weighted by Crippen LogP contribution is 2.24. The van der Waals surface area contributed by atoms with Crippen molar-refractivity contribution in [3.63, 3.8) is 0 Å². The number of benzene rings is 2. The molecule has 0 radical (unpaired) electrons. The summed E-state index contributed by atoms with van der Waals surface area (Å²) in [5.41, 5.74) is 8.24. The molecule has 1 atom stereocenters. The summed E-state index contributed by atoms with van der Waals surface area (Å²) in [5, 5.41) is 4.05. The van der Waals surface area contributed by atoms with E-state index in [0.29, 0.717) is 5.92 Å². The molecule has 0 saturated heterocycles. The predicted molar refractivity (Wildman–Crippen MR) is 95.6 cm³/mol. The predicted octanol–water partition coefficient (Wildman–Crippen LogP) is 4.84. The highest BCUT2D eigenvalue weighted by atomic mass is 15.1. The number of aryl methyl sites for hydroxylation is 3. The maximum atomic E-state index is 5.69. The van der Waals surface area contributed by atoms with Gasteiger partial charge in [-0.3, -0.25) is 0 Å².